The quantitative estimate of drug-likeness (QED) is 0.249. The molecular weight excluding hydrogens is 424 g/mol. The van der Waals surface area contributed by atoms with E-state index < -0.39 is 28.3 Å². The zero-order chi connectivity index (χ0) is 20.8. The van der Waals surface area contributed by atoms with Crippen LogP contribution in [0.2, 0.25) is 5.15 Å². The third-order valence-electron chi connectivity index (χ3n) is 2.41. The summed E-state index contributed by atoms with van der Waals surface area (Å²) in [5.41, 5.74) is -0.0495. The molecule has 0 atom stereocenters. The van der Waals surface area contributed by atoms with Gasteiger partial charge in [0.2, 0.25) is 0 Å². The molecule has 0 aliphatic rings. The van der Waals surface area contributed by atoms with Crippen molar-refractivity contribution in [3.05, 3.63) is 41.1 Å². The molecule has 0 radical (unpaired) electrons. The molecular formula is C12H9ClF4N4O5S. The Bertz CT molecular complexity index is 918. The standard InChI is InChI=1S/C12H7ClF4N4O.H2O4S/c13-10-7(4-18)11(20-5-19-10)21-9-2-1-6(3-8(9)14)22-12(15,16)17;1-5(2,3)4/h1-5,18H,(H,19,20,21);(H2,1,2,3,4). The van der Waals surface area contributed by atoms with Crippen LogP contribution in [0.4, 0.5) is 29.1 Å². The van der Waals surface area contributed by atoms with Crippen molar-refractivity contribution in [3.8, 4) is 5.75 Å². The fourth-order valence-corrected chi connectivity index (χ4v) is 1.71. The first-order chi connectivity index (χ1) is 12.3. The normalized spacial score (nSPS) is 11.2. The molecule has 0 bridgehead atoms. The number of halogens is 5. The lowest BCUT2D eigenvalue weighted by Crippen LogP contribution is -2.17. The highest BCUT2D eigenvalue weighted by molar-refractivity contribution is 7.79. The molecule has 9 nitrogen and oxygen atoms in total. The van der Waals surface area contributed by atoms with E-state index in [1.807, 2.05) is 0 Å². The number of alkyl halides is 3. The summed E-state index contributed by atoms with van der Waals surface area (Å²) in [7, 11) is -4.67. The summed E-state index contributed by atoms with van der Waals surface area (Å²) in [6.45, 7) is 0. The van der Waals surface area contributed by atoms with Crippen LogP contribution in [0, 0.1) is 11.2 Å². The summed E-state index contributed by atoms with van der Waals surface area (Å²) >= 11 is 5.75. The third kappa shape index (κ3) is 8.59. The van der Waals surface area contributed by atoms with Gasteiger partial charge in [-0.3, -0.25) is 9.11 Å². The lowest BCUT2D eigenvalue weighted by Gasteiger charge is -2.12. The predicted octanol–water partition coefficient (Wildman–Crippen LogP) is 3.26. The summed E-state index contributed by atoms with van der Waals surface area (Å²) in [6.07, 6.45) is -2.95. The molecule has 0 saturated carbocycles. The van der Waals surface area contributed by atoms with Gasteiger partial charge < -0.3 is 15.5 Å². The van der Waals surface area contributed by atoms with Crippen LogP contribution in [0.1, 0.15) is 5.56 Å². The van der Waals surface area contributed by atoms with E-state index in [0.717, 1.165) is 24.7 Å². The summed E-state index contributed by atoms with van der Waals surface area (Å²) in [6, 6.07) is 2.55. The number of hydrogen-bond acceptors (Lipinski definition) is 7. The first-order valence-electron chi connectivity index (χ1n) is 6.33. The van der Waals surface area contributed by atoms with Gasteiger partial charge in [-0.05, 0) is 12.1 Å². The fourth-order valence-electron chi connectivity index (χ4n) is 1.52. The molecule has 0 aliphatic heterocycles. The van der Waals surface area contributed by atoms with E-state index >= 15 is 0 Å². The Labute approximate surface area is 154 Å². The summed E-state index contributed by atoms with van der Waals surface area (Å²) < 4.78 is 85.1. The molecule has 2 rings (SSSR count). The molecule has 0 spiro atoms. The molecule has 0 fully saturated rings. The number of nitrogens with zero attached hydrogens (tertiary/aromatic N) is 2. The van der Waals surface area contributed by atoms with Crippen molar-refractivity contribution in [2.24, 2.45) is 0 Å². The topological polar surface area (TPSA) is 145 Å². The van der Waals surface area contributed by atoms with Crippen molar-refractivity contribution in [1.82, 2.24) is 9.97 Å². The van der Waals surface area contributed by atoms with Gasteiger partial charge in [0, 0.05) is 12.3 Å². The van der Waals surface area contributed by atoms with Gasteiger partial charge in [-0.2, -0.15) is 8.42 Å². The van der Waals surface area contributed by atoms with Crippen molar-refractivity contribution >= 4 is 39.7 Å². The van der Waals surface area contributed by atoms with E-state index in [9.17, 15) is 17.6 Å². The van der Waals surface area contributed by atoms with Gasteiger partial charge in [0.15, 0.2) is 0 Å². The lowest BCUT2D eigenvalue weighted by molar-refractivity contribution is -0.274. The molecule has 1 aromatic heterocycles. The summed E-state index contributed by atoms with van der Waals surface area (Å²) in [4.78, 5) is 7.45. The smallest absolute Gasteiger partial charge is 0.406 e. The second-order valence-corrected chi connectivity index (χ2v) is 5.59. The maximum atomic E-state index is 13.8. The molecule has 1 aromatic carbocycles. The average Bonchev–Trinajstić information content (AvgIpc) is 2.47. The van der Waals surface area contributed by atoms with Gasteiger partial charge in [0.05, 0.1) is 11.3 Å². The molecule has 2 aromatic rings. The van der Waals surface area contributed by atoms with Crippen LogP contribution in [-0.2, 0) is 10.4 Å². The van der Waals surface area contributed by atoms with E-state index in [1.165, 1.54) is 0 Å². The SMILES string of the molecule is N=Cc1c(Cl)ncnc1Nc1ccc(OC(F)(F)F)cc1F.O=S(=O)(O)O. The second-order valence-electron chi connectivity index (χ2n) is 4.33. The van der Waals surface area contributed by atoms with Gasteiger partial charge in [0.1, 0.15) is 28.9 Å². The van der Waals surface area contributed by atoms with Gasteiger partial charge >= 0.3 is 16.8 Å². The highest BCUT2D eigenvalue weighted by atomic mass is 35.5. The maximum Gasteiger partial charge on any atom is 0.573 e. The number of anilines is 2. The lowest BCUT2D eigenvalue weighted by atomic mass is 10.2. The minimum Gasteiger partial charge on any atom is -0.406 e. The molecule has 0 saturated heterocycles. The van der Waals surface area contributed by atoms with E-state index in [0.29, 0.717) is 6.07 Å². The Hall–Kier alpha value is -2.55. The van der Waals surface area contributed by atoms with Crippen molar-refractivity contribution in [1.29, 1.82) is 5.41 Å². The Morgan fingerprint density at radius 2 is 1.85 bits per heavy atom. The Morgan fingerprint density at radius 1 is 1.26 bits per heavy atom. The van der Waals surface area contributed by atoms with Crippen LogP contribution in [-0.4, -0.2) is 40.1 Å². The molecule has 0 unspecified atom stereocenters. The first-order valence-corrected chi connectivity index (χ1v) is 8.11. The molecule has 148 valence electrons. The minimum atomic E-state index is -4.91. The van der Waals surface area contributed by atoms with Crippen LogP contribution < -0.4 is 10.1 Å². The van der Waals surface area contributed by atoms with E-state index in [4.69, 9.17) is 34.5 Å². The van der Waals surface area contributed by atoms with E-state index in [-0.39, 0.29) is 22.2 Å². The van der Waals surface area contributed by atoms with Gasteiger partial charge in [-0.15, -0.1) is 13.2 Å². The monoisotopic (exact) mass is 432 g/mol. The van der Waals surface area contributed by atoms with Gasteiger partial charge in [-0.25, -0.2) is 14.4 Å². The summed E-state index contributed by atoms with van der Waals surface area (Å²) in [5, 5.41) is 9.71. The molecule has 0 aliphatic carbocycles. The average molecular weight is 433 g/mol. The molecule has 27 heavy (non-hydrogen) atoms. The minimum absolute atomic E-state index is 0.0232. The second kappa shape index (κ2) is 8.90. The number of ether oxygens (including phenoxy) is 1. The fraction of sp³-hybridized carbons (Fsp3) is 0.0833. The number of hydrogen-bond donors (Lipinski definition) is 4. The van der Waals surface area contributed by atoms with Crippen molar-refractivity contribution in [3.63, 3.8) is 0 Å². The van der Waals surface area contributed by atoms with Crippen LogP contribution in [0.5, 0.6) is 5.75 Å². The maximum absolute atomic E-state index is 13.8. The number of rotatable bonds is 4. The van der Waals surface area contributed by atoms with Crippen molar-refractivity contribution < 1.29 is 39.8 Å². The van der Waals surface area contributed by atoms with Crippen LogP contribution >= 0.6 is 11.6 Å². The molecule has 4 N–H and O–H groups in total. The van der Waals surface area contributed by atoms with E-state index in [1.54, 1.807) is 0 Å². The predicted molar refractivity (Wildman–Crippen MR) is 85.5 cm³/mol. The number of aromatic nitrogens is 2. The van der Waals surface area contributed by atoms with Crippen LogP contribution in [0.3, 0.4) is 0 Å². The molecule has 1 heterocycles. The zero-order valence-electron chi connectivity index (χ0n) is 12.7. The highest BCUT2D eigenvalue weighted by Gasteiger charge is 2.31. The Kier molecular flexibility index (Phi) is 7.41. The van der Waals surface area contributed by atoms with E-state index in [2.05, 4.69) is 20.0 Å². The number of benzene rings is 1. The Morgan fingerprint density at radius 3 is 2.33 bits per heavy atom. The van der Waals surface area contributed by atoms with Crippen LogP contribution in [0.25, 0.3) is 0 Å². The van der Waals surface area contributed by atoms with Gasteiger partial charge in [0.25, 0.3) is 0 Å². The number of nitrogens with one attached hydrogen (secondary N) is 2. The van der Waals surface area contributed by atoms with Crippen molar-refractivity contribution in [2.75, 3.05) is 5.32 Å². The largest absolute Gasteiger partial charge is 0.573 e. The third-order valence-corrected chi connectivity index (χ3v) is 2.71. The van der Waals surface area contributed by atoms with Crippen molar-refractivity contribution in [2.45, 2.75) is 6.36 Å². The van der Waals surface area contributed by atoms with Gasteiger partial charge in [-0.1, -0.05) is 11.6 Å². The molecule has 15 heteroatoms. The summed E-state index contributed by atoms with van der Waals surface area (Å²) in [5.74, 6) is -1.64. The molecule has 0 amide bonds. The zero-order valence-corrected chi connectivity index (χ0v) is 14.3. The van der Waals surface area contributed by atoms with Crippen LogP contribution in [0.15, 0.2) is 24.5 Å². The Balaban J connectivity index is 0.000000646. The highest BCUT2D eigenvalue weighted by Crippen LogP contribution is 2.28. The first kappa shape index (κ1) is 22.5.